The molecule has 0 spiro atoms. The fourth-order valence-electron chi connectivity index (χ4n) is 2.90. The van der Waals surface area contributed by atoms with Crippen molar-refractivity contribution in [3.63, 3.8) is 0 Å². The summed E-state index contributed by atoms with van der Waals surface area (Å²) in [5.74, 6) is 0.565. The first-order chi connectivity index (χ1) is 9.20. The van der Waals surface area contributed by atoms with Crippen LogP contribution in [-0.2, 0) is 4.79 Å². The second-order valence-electron chi connectivity index (χ2n) is 5.65. The summed E-state index contributed by atoms with van der Waals surface area (Å²) in [5, 5.41) is 8.59. The molecule has 2 saturated heterocycles. The number of carbonyl (C=O) groups excluding carboxylic acids is 1. The summed E-state index contributed by atoms with van der Waals surface area (Å²) in [4.78, 5) is 19.0. The number of nitrogens with zero attached hydrogens (tertiary/aromatic N) is 4. The van der Waals surface area contributed by atoms with E-state index in [2.05, 4.69) is 22.9 Å². The van der Waals surface area contributed by atoms with Gasteiger partial charge in [-0.25, -0.2) is 0 Å². The van der Waals surface area contributed by atoms with Crippen LogP contribution in [0.2, 0.25) is 0 Å². The van der Waals surface area contributed by atoms with Crippen molar-refractivity contribution in [1.29, 1.82) is 5.26 Å². The van der Waals surface area contributed by atoms with Crippen LogP contribution >= 0.6 is 0 Å². The number of hydrogen-bond acceptors (Lipinski definition) is 4. The number of hydrogen-bond donors (Lipinski definition) is 0. The van der Waals surface area contributed by atoms with Crippen LogP contribution in [0, 0.1) is 17.2 Å². The van der Waals surface area contributed by atoms with E-state index in [4.69, 9.17) is 5.26 Å². The number of amides is 1. The number of carbonyl (C=O) groups is 1. The maximum absolute atomic E-state index is 12.4. The first kappa shape index (κ1) is 14.3. The smallest absolute Gasteiger partial charge is 0.225 e. The van der Waals surface area contributed by atoms with Crippen LogP contribution in [0.1, 0.15) is 19.3 Å². The summed E-state index contributed by atoms with van der Waals surface area (Å²) < 4.78 is 0. The van der Waals surface area contributed by atoms with E-state index in [9.17, 15) is 4.79 Å². The number of piperidine rings is 1. The Morgan fingerprint density at radius 3 is 2.37 bits per heavy atom. The summed E-state index contributed by atoms with van der Waals surface area (Å²) in [5.41, 5.74) is 0. The zero-order valence-corrected chi connectivity index (χ0v) is 11.8. The van der Waals surface area contributed by atoms with Gasteiger partial charge in [0.25, 0.3) is 0 Å². The quantitative estimate of drug-likeness (QED) is 0.740. The van der Waals surface area contributed by atoms with Gasteiger partial charge in [0, 0.05) is 45.1 Å². The fourth-order valence-corrected chi connectivity index (χ4v) is 2.90. The third-order valence-electron chi connectivity index (χ3n) is 4.29. The summed E-state index contributed by atoms with van der Waals surface area (Å²) in [6, 6.07) is 2.18. The third-order valence-corrected chi connectivity index (χ3v) is 4.29. The average molecular weight is 264 g/mol. The van der Waals surface area contributed by atoms with Crippen LogP contribution < -0.4 is 0 Å². The Morgan fingerprint density at radius 2 is 1.79 bits per heavy atom. The van der Waals surface area contributed by atoms with E-state index < -0.39 is 0 Å². The van der Waals surface area contributed by atoms with Crippen LogP contribution in [0.3, 0.4) is 0 Å². The molecule has 2 fully saturated rings. The van der Waals surface area contributed by atoms with Crippen molar-refractivity contribution in [3.05, 3.63) is 0 Å². The van der Waals surface area contributed by atoms with Gasteiger partial charge in [0.1, 0.15) is 0 Å². The third kappa shape index (κ3) is 3.92. The van der Waals surface area contributed by atoms with Gasteiger partial charge in [-0.2, -0.15) is 5.26 Å². The van der Waals surface area contributed by atoms with Crippen LogP contribution in [0.5, 0.6) is 0 Å². The molecule has 1 amide bonds. The molecule has 0 saturated carbocycles. The van der Waals surface area contributed by atoms with E-state index in [1.807, 2.05) is 4.90 Å². The molecule has 0 N–H and O–H groups in total. The van der Waals surface area contributed by atoms with E-state index in [0.29, 0.717) is 12.3 Å². The van der Waals surface area contributed by atoms with Crippen LogP contribution in [0.4, 0.5) is 0 Å². The highest BCUT2D eigenvalue weighted by atomic mass is 16.2. The first-order valence-corrected chi connectivity index (χ1v) is 7.27. The van der Waals surface area contributed by atoms with E-state index in [1.54, 1.807) is 0 Å². The minimum absolute atomic E-state index is 0.210. The Hall–Kier alpha value is -1.12. The lowest BCUT2D eigenvalue weighted by molar-refractivity contribution is -0.138. The summed E-state index contributed by atoms with van der Waals surface area (Å²) in [6.07, 6.45) is 2.50. The molecule has 2 aliphatic rings. The van der Waals surface area contributed by atoms with Crippen molar-refractivity contribution in [3.8, 4) is 6.07 Å². The molecular weight excluding hydrogens is 240 g/mol. The SMILES string of the molecule is CN1CCN(C(=O)C2CCN(CCC#N)CC2)CC1. The largest absolute Gasteiger partial charge is 0.340 e. The lowest BCUT2D eigenvalue weighted by atomic mass is 9.95. The Bertz CT molecular complexity index is 336. The van der Waals surface area contributed by atoms with Gasteiger partial charge in [-0.3, -0.25) is 4.79 Å². The van der Waals surface area contributed by atoms with Crippen molar-refractivity contribution in [2.24, 2.45) is 5.92 Å². The second kappa shape index (κ2) is 6.88. The van der Waals surface area contributed by atoms with E-state index in [0.717, 1.165) is 58.7 Å². The molecule has 0 aromatic heterocycles. The maximum atomic E-state index is 12.4. The van der Waals surface area contributed by atoms with Gasteiger partial charge in [-0.05, 0) is 33.0 Å². The van der Waals surface area contributed by atoms with Gasteiger partial charge in [-0.15, -0.1) is 0 Å². The molecule has 0 unspecified atom stereocenters. The zero-order chi connectivity index (χ0) is 13.7. The maximum Gasteiger partial charge on any atom is 0.225 e. The summed E-state index contributed by atoms with van der Waals surface area (Å²) in [6.45, 7) is 6.52. The lowest BCUT2D eigenvalue weighted by Crippen LogP contribution is -2.50. The highest BCUT2D eigenvalue weighted by molar-refractivity contribution is 5.79. The number of rotatable bonds is 3. The lowest BCUT2D eigenvalue weighted by Gasteiger charge is -2.37. The molecule has 5 nitrogen and oxygen atoms in total. The minimum Gasteiger partial charge on any atom is -0.340 e. The van der Waals surface area contributed by atoms with Crippen LogP contribution in [0.25, 0.3) is 0 Å². The Balaban J connectivity index is 1.75. The molecule has 2 heterocycles. The van der Waals surface area contributed by atoms with Crippen LogP contribution in [0.15, 0.2) is 0 Å². The summed E-state index contributed by atoms with van der Waals surface area (Å²) in [7, 11) is 2.11. The van der Waals surface area contributed by atoms with Gasteiger partial charge in [0.05, 0.1) is 6.07 Å². The number of likely N-dealkylation sites (tertiary alicyclic amines) is 1. The van der Waals surface area contributed by atoms with Crippen molar-refractivity contribution >= 4 is 5.91 Å². The fraction of sp³-hybridized carbons (Fsp3) is 0.857. The zero-order valence-electron chi connectivity index (χ0n) is 11.8. The molecule has 0 bridgehead atoms. The molecule has 0 aliphatic carbocycles. The number of piperazine rings is 1. The molecule has 2 rings (SSSR count). The molecule has 2 aliphatic heterocycles. The van der Waals surface area contributed by atoms with Crippen molar-refractivity contribution in [1.82, 2.24) is 14.7 Å². The number of likely N-dealkylation sites (N-methyl/N-ethyl adjacent to an activating group) is 1. The Labute approximate surface area is 115 Å². The van der Waals surface area contributed by atoms with Gasteiger partial charge >= 0.3 is 0 Å². The Kier molecular flexibility index (Phi) is 5.17. The molecule has 106 valence electrons. The number of nitriles is 1. The second-order valence-corrected chi connectivity index (χ2v) is 5.65. The first-order valence-electron chi connectivity index (χ1n) is 7.27. The standard InChI is InChI=1S/C14H24N4O/c1-16-9-11-18(12-10-16)14(19)13-3-7-17(8-4-13)6-2-5-15/h13H,2-4,6-12H2,1H3. The van der Waals surface area contributed by atoms with Gasteiger partial charge in [-0.1, -0.05) is 0 Å². The average Bonchev–Trinajstić information content (AvgIpc) is 2.46. The highest BCUT2D eigenvalue weighted by Crippen LogP contribution is 2.20. The molecule has 5 heteroatoms. The topological polar surface area (TPSA) is 50.6 Å². The molecule has 0 radical (unpaired) electrons. The summed E-state index contributed by atoms with van der Waals surface area (Å²) >= 11 is 0. The van der Waals surface area contributed by atoms with E-state index in [-0.39, 0.29) is 5.92 Å². The molecule has 19 heavy (non-hydrogen) atoms. The van der Waals surface area contributed by atoms with Crippen molar-refractivity contribution in [2.45, 2.75) is 19.3 Å². The normalized spacial score (nSPS) is 23.3. The van der Waals surface area contributed by atoms with Crippen molar-refractivity contribution < 1.29 is 4.79 Å². The predicted octanol–water partition coefficient (Wildman–Crippen LogP) is 0.386. The van der Waals surface area contributed by atoms with Crippen molar-refractivity contribution in [2.75, 3.05) is 52.9 Å². The van der Waals surface area contributed by atoms with Crippen LogP contribution in [-0.4, -0.2) is 73.5 Å². The molecule has 0 aromatic rings. The minimum atomic E-state index is 0.210. The molecule has 0 aromatic carbocycles. The Morgan fingerprint density at radius 1 is 1.16 bits per heavy atom. The predicted molar refractivity (Wildman–Crippen MR) is 73.5 cm³/mol. The van der Waals surface area contributed by atoms with Gasteiger partial charge in [0.15, 0.2) is 0 Å². The van der Waals surface area contributed by atoms with Gasteiger partial charge < -0.3 is 14.7 Å². The van der Waals surface area contributed by atoms with E-state index >= 15 is 0 Å². The molecule has 0 atom stereocenters. The highest BCUT2D eigenvalue weighted by Gasteiger charge is 2.29. The molecular formula is C14H24N4O. The van der Waals surface area contributed by atoms with E-state index in [1.165, 1.54) is 0 Å². The van der Waals surface area contributed by atoms with Gasteiger partial charge in [0.2, 0.25) is 5.91 Å². The monoisotopic (exact) mass is 264 g/mol.